The molecule has 2 rings (SSSR count). The molecule has 0 aliphatic heterocycles. The van der Waals surface area contributed by atoms with Crippen LogP contribution in [0.3, 0.4) is 0 Å². The Bertz CT molecular complexity index is 739. The molecule has 6 heteroatoms. The van der Waals surface area contributed by atoms with E-state index in [1.807, 2.05) is 71.0 Å². The number of hydrogen-bond donors (Lipinski definition) is 1. The maximum Gasteiger partial charge on any atom is 0.264 e. The van der Waals surface area contributed by atoms with Crippen LogP contribution in [-0.2, 0) is 11.3 Å². The number of carbonyl (C=O) groups is 1. The fourth-order valence-corrected chi connectivity index (χ4v) is 2.79. The molecule has 0 saturated heterocycles. The highest BCUT2D eigenvalue weighted by molar-refractivity contribution is 5.81. The second-order valence-corrected chi connectivity index (χ2v) is 7.59. The van der Waals surface area contributed by atoms with Gasteiger partial charge in [-0.3, -0.25) is 4.79 Å². The molecule has 6 nitrogen and oxygen atoms in total. The number of hydrogen-bond acceptors (Lipinski definition) is 4. The Morgan fingerprint density at radius 2 is 1.89 bits per heavy atom. The zero-order valence-corrected chi connectivity index (χ0v) is 17.3. The lowest BCUT2D eigenvalue weighted by atomic mass is 10.1. The number of aromatic amines is 1. The summed E-state index contributed by atoms with van der Waals surface area (Å²) < 4.78 is 6.17. The number of carbonyl (C=O) groups excluding carboxylic acids is 1. The summed E-state index contributed by atoms with van der Waals surface area (Å²) in [4.78, 5) is 24.8. The van der Waals surface area contributed by atoms with E-state index in [-0.39, 0.29) is 11.8 Å². The number of nitrogens with zero attached hydrogens (tertiary/aromatic N) is 3. The number of likely N-dealkylation sites (N-methyl/N-ethyl adjacent to an activating group) is 1. The van der Waals surface area contributed by atoms with Gasteiger partial charge in [-0.1, -0.05) is 32.0 Å². The molecule has 1 unspecified atom stereocenters. The standard InChI is InChI=1S/C21H32N4O2/c1-15(2)20(27-19-10-8-7-9-16(19)3)21(26)25(12-11-24(5)6)13-18-17(4)22-14-23-18/h7-10,14-15,20H,11-13H2,1-6H3,(H,22,23). The third-order valence-electron chi connectivity index (χ3n) is 4.60. The van der Waals surface area contributed by atoms with E-state index >= 15 is 0 Å². The van der Waals surface area contributed by atoms with Crippen molar-refractivity contribution in [3.05, 3.63) is 47.5 Å². The van der Waals surface area contributed by atoms with Gasteiger partial charge in [-0.15, -0.1) is 0 Å². The molecule has 27 heavy (non-hydrogen) atoms. The van der Waals surface area contributed by atoms with Crippen LogP contribution in [0.5, 0.6) is 5.75 Å². The fourth-order valence-electron chi connectivity index (χ4n) is 2.79. The second kappa shape index (κ2) is 9.55. The summed E-state index contributed by atoms with van der Waals surface area (Å²) in [5, 5.41) is 0. The van der Waals surface area contributed by atoms with Gasteiger partial charge in [0.1, 0.15) is 5.75 Å². The van der Waals surface area contributed by atoms with Crippen LogP contribution in [0.25, 0.3) is 0 Å². The van der Waals surface area contributed by atoms with E-state index in [4.69, 9.17) is 4.74 Å². The minimum atomic E-state index is -0.535. The van der Waals surface area contributed by atoms with Crippen LogP contribution < -0.4 is 4.74 Å². The minimum Gasteiger partial charge on any atom is -0.480 e. The number of amides is 1. The Balaban J connectivity index is 2.22. The largest absolute Gasteiger partial charge is 0.480 e. The number of ether oxygens (including phenoxy) is 1. The molecule has 0 bridgehead atoms. The van der Waals surface area contributed by atoms with Crippen molar-refractivity contribution in [3.8, 4) is 5.75 Å². The van der Waals surface area contributed by atoms with Crippen molar-refractivity contribution in [2.75, 3.05) is 27.2 Å². The van der Waals surface area contributed by atoms with Gasteiger partial charge in [0, 0.05) is 18.8 Å². The van der Waals surface area contributed by atoms with Gasteiger partial charge >= 0.3 is 0 Å². The van der Waals surface area contributed by atoms with Crippen molar-refractivity contribution in [2.45, 2.75) is 40.3 Å². The maximum absolute atomic E-state index is 13.4. The topological polar surface area (TPSA) is 61.5 Å². The Labute approximate surface area is 162 Å². The lowest BCUT2D eigenvalue weighted by Gasteiger charge is -2.30. The molecule has 1 heterocycles. The lowest BCUT2D eigenvalue weighted by Crippen LogP contribution is -2.46. The van der Waals surface area contributed by atoms with Crippen LogP contribution in [0.2, 0.25) is 0 Å². The molecule has 148 valence electrons. The van der Waals surface area contributed by atoms with Crippen molar-refractivity contribution >= 4 is 5.91 Å². The average Bonchev–Trinajstić information content (AvgIpc) is 3.01. The summed E-state index contributed by atoms with van der Waals surface area (Å²) >= 11 is 0. The van der Waals surface area contributed by atoms with E-state index in [9.17, 15) is 4.79 Å². The normalized spacial score (nSPS) is 12.4. The Kier molecular flexibility index (Phi) is 7.42. The number of nitrogens with one attached hydrogen (secondary N) is 1. The molecular formula is C21H32N4O2. The molecule has 1 amide bonds. The van der Waals surface area contributed by atoms with Crippen molar-refractivity contribution in [1.29, 1.82) is 0 Å². The Morgan fingerprint density at radius 3 is 2.44 bits per heavy atom. The molecular weight excluding hydrogens is 340 g/mol. The van der Waals surface area contributed by atoms with Crippen molar-refractivity contribution < 1.29 is 9.53 Å². The SMILES string of the molecule is Cc1ccccc1OC(C(=O)N(CCN(C)C)Cc1nc[nH]c1C)C(C)C. The van der Waals surface area contributed by atoms with Gasteiger partial charge in [-0.2, -0.15) is 0 Å². The molecule has 0 spiro atoms. The van der Waals surface area contributed by atoms with Crippen LogP contribution in [0.4, 0.5) is 0 Å². The molecule has 1 aromatic carbocycles. The molecule has 1 N–H and O–H groups in total. The monoisotopic (exact) mass is 372 g/mol. The number of aryl methyl sites for hydroxylation is 2. The fraction of sp³-hybridized carbons (Fsp3) is 0.524. The molecule has 0 aliphatic carbocycles. The number of imidazole rings is 1. The highest BCUT2D eigenvalue weighted by Crippen LogP contribution is 2.22. The van der Waals surface area contributed by atoms with Crippen molar-refractivity contribution in [1.82, 2.24) is 19.8 Å². The van der Waals surface area contributed by atoms with Crippen LogP contribution in [0.1, 0.15) is 30.8 Å². The van der Waals surface area contributed by atoms with Crippen molar-refractivity contribution in [3.63, 3.8) is 0 Å². The van der Waals surface area contributed by atoms with Crippen molar-refractivity contribution in [2.24, 2.45) is 5.92 Å². The van der Waals surface area contributed by atoms with Gasteiger partial charge < -0.3 is 19.5 Å². The molecule has 1 aromatic heterocycles. The Morgan fingerprint density at radius 1 is 1.19 bits per heavy atom. The first-order chi connectivity index (χ1) is 12.8. The molecule has 0 aliphatic rings. The highest BCUT2D eigenvalue weighted by atomic mass is 16.5. The summed E-state index contributed by atoms with van der Waals surface area (Å²) in [6.45, 7) is 9.88. The minimum absolute atomic E-state index is 0.00231. The molecule has 1 atom stereocenters. The quantitative estimate of drug-likeness (QED) is 0.735. The van der Waals surface area contributed by atoms with Crippen LogP contribution >= 0.6 is 0 Å². The third kappa shape index (κ3) is 5.82. The molecule has 0 radical (unpaired) electrons. The van der Waals surface area contributed by atoms with E-state index in [2.05, 4.69) is 14.9 Å². The van der Waals surface area contributed by atoms with Crippen LogP contribution in [0, 0.1) is 19.8 Å². The smallest absolute Gasteiger partial charge is 0.264 e. The van der Waals surface area contributed by atoms with Gasteiger partial charge in [0.25, 0.3) is 5.91 Å². The summed E-state index contributed by atoms with van der Waals surface area (Å²) in [5.74, 6) is 0.810. The van der Waals surface area contributed by atoms with Gasteiger partial charge in [0.2, 0.25) is 0 Å². The summed E-state index contributed by atoms with van der Waals surface area (Å²) in [6.07, 6.45) is 1.13. The van der Waals surface area contributed by atoms with E-state index < -0.39 is 6.10 Å². The van der Waals surface area contributed by atoms with E-state index in [1.54, 1.807) is 6.33 Å². The number of rotatable bonds is 9. The molecule has 0 saturated carbocycles. The predicted molar refractivity (Wildman–Crippen MR) is 108 cm³/mol. The van der Waals surface area contributed by atoms with E-state index in [1.165, 1.54) is 0 Å². The predicted octanol–water partition coefficient (Wildman–Crippen LogP) is 3.02. The summed E-state index contributed by atoms with van der Waals surface area (Å²) in [5.41, 5.74) is 2.90. The summed E-state index contributed by atoms with van der Waals surface area (Å²) in [6, 6.07) is 7.81. The first kappa shape index (κ1) is 21.0. The van der Waals surface area contributed by atoms with Gasteiger partial charge in [0.05, 0.1) is 18.6 Å². The van der Waals surface area contributed by atoms with E-state index in [0.717, 1.165) is 29.2 Å². The molecule has 0 fully saturated rings. The van der Waals surface area contributed by atoms with Gasteiger partial charge in [-0.05, 0) is 45.5 Å². The lowest BCUT2D eigenvalue weighted by molar-refractivity contribution is -0.141. The zero-order chi connectivity index (χ0) is 20.0. The number of benzene rings is 1. The van der Waals surface area contributed by atoms with Crippen LogP contribution in [0.15, 0.2) is 30.6 Å². The van der Waals surface area contributed by atoms with Gasteiger partial charge in [0.15, 0.2) is 6.10 Å². The first-order valence-corrected chi connectivity index (χ1v) is 9.44. The first-order valence-electron chi connectivity index (χ1n) is 9.44. The molecule has 2 aromatic rings. The Hall–Kier alpha value is -2.34. The maximum atomic E-state index is 13.4. The van der Waals surface area contributed by atoms with Gasteiger partial charge in [-0.25, -0.2) is 4.98 Å². The third-order valence-corrected chi connectivity index (χ3v) is 4.60. The van der Waals surface area contributed by atoms with E-state index in [0.29, 0.717) is 13.1 Å². The number of H-pyrrole nitrogens is 1. The zero-order valence-electron chi connectivity index (χ0n) is 17.3. The highest BCUT2D eigenvalue weighted by Gasteiger charge is 2.30. The van der Waals surface area contributed by atoms with Crippen LogP contribution in [-0.4, -0.2) is 59.0 Å². The number of aromatic nitrogens is 2. The average molecular weight is 373 g/mol. The summed E-state index contributed by atoms with van der Waals surface area (Å²) in [7, 11) is 4.01. The number of para-hydroxylation sites is 1. The second-order valence-electron chi connectivity index (χ2n) is 7.59.